The molecule has 1 rings (SSSR count). The molecule has 4 nitrogen and oxygen atoms in total. The van der Waals surface area contributed by atoms with E-state index < -0.39 is 11.9 Å². The molecule has 0 radical (unpaired) electrons. The molecule has 0 spiro atoms. The molecule has 0 bridgehead atoms. The quantitative estimate of drug-likeness (QED) is 0.719. The highest BCUT2D eigenvalue weighted by atomic mass is 19.1. The van der Waals surface area contributed by atoms with Gasteiger partial charge in [0.25, 0.3) is 0 Å². The van der Waals surface area contributed by atoms with Crippen LogP contribution in [0.5, 0.6) is 5.75 Å². The molecule has 1 unspecified atom stereocenters. The highest BCUT2D eigenvalue weighted by Crippen LogP contribution is 2.28. The molecule has 0 fully saturated rings. The van der Waals surface area contributed by atoms with Gasteiger partial charge in [-0.25, -0.2) is 4.39 Å². The predicted octanol–water partition coefficient (Wildman–Crippen LogP) is 2.63. The second kappa shape index (κ2) is 6.10. The number of hydrogen-bond donors (Lipinski definition) is 3. The minimum Gasteiger partial charge on any atom is -0.495 e. The van der Waals surface area contributed by atoms with Gasteiger partial charge in [-0.3, -0.25) is 0 Å². The molecule has 0 saturated carbocycles. The number of methoxy groups -OCH3 is 1. The Morgan fingerprint density at radius 3 is 2.58 bits per heavy atom. The van der Waals surface area contributed by atoms with Crippen molar-refractivity contribution in [2.24, 2.45) is 5.41 Å². The van der Waals surface area contributed by atoms with Crippen molar-refractivity contribution in [1.29, 1.82) is 0 Å². The third-order valence-electron chi connectivity index (χ3n) is 2.70. The van der Waals surface area contributed by atoms with Crippen molar-refractivity contribution in [2.75, 3.05) is 24.7 Å². The summed E-state index contributed by atoms with van der Waals surface area (Å²) < 4.78 is 18.7. The van der Waals surface area contributed by atoms with Crippen LogP contribution in [0.1, 0.15) is 27.2 Å². The number of nitrogen functional groups attached to an aromatic ring is 1. The second-order valence-electron chi connectivity index (χ2n) is 5.87. The van der Waals surface area contributed by atoms with Crippen molar-refractivity contribution in [3.8, 4) is 5.75 Å². The minimum atomic E-state index is -0.539. The number of hydrogen-bond acceptors (Lipinski definition) is 4. The van der Waals surface area contributed by atoms with Gasteiger partial charge in [0, 0.05) is 18.7 Å². The van der Waals surface area contributed by atoms with Crippen LogP contribution in [0.15, 0.2) is 12.1 Å². The van der Waals surface area contributed by atoms with Gasteiger partial charge < -0.3 is 20.9 Å². The smallest absolute Gasteiger partial charge is 0.148 e. The number of rotatable bonds is 5. The highest BCUT2D eigenvalue weighted by Gasteiger charge is 2.17. The average Bonchev–Trinajstić information content (AvgIpc) is 2.25. The lowest BCUT2D eigenvalue weighted by molar-refractivity contribution is 0.132. The van der Waals surface area contributed by atoms with E-state index in [-0.39, 0.29) is 23.3 Å². The number of nitrogens with one attached hydrogen (secondary N) is 1. The Hall–Kier alpha value is -1.49. The van der Waals surface area contributed by atoms with Crippen molar-refractivity contribution < 1.29 is 14.2 Å². The fourth-order valence-corrected chi connectivity index (χ4v) is 1.89. The zero-order chi connectivity index (χ0) is 14.6. The molecule has 0 aliphatic heterocycles. The van der Waals surface area contributed by atoms with Gasteiger partial charge in [-0.15, -0.1) is 0 Å². The zero-order valence-corrected chi connectivity index (χ0v) is 12.0. The van der Waals surface area contributed by atoms with E-state index in [4.69, 9.17) is 10.5 Å². The van der Waals surface area contributed by atoms with Crippen LogP contribution >= 0.6 is 0 Å². The van der Waals surface area contributed by atoms with Crippen LogP contribution < -0.4 is 15.8 Å². The Bertz CT molecular complexity index is 430. The minimum absolute atomic E-state index is 0.0262. The van der Waals surface area contributed by atoms with Gasteiger partial charge in [0.15, 0.2) is 0 Å². The average molecular weight is 270 g/mol. The molecule has 1 aromatic carbocycles. The van der Waals surface area contributed by atoms with Crippen molar-refractivity contribution in [2.45, 2.75) is 33.3 Å². The molecule has 4 N–H and O–H groups in total. The first-order valence-electron chi connectivity index (χ1n) is 6.28. The summed E-state index contributed by atoms with van der Waals surface area (Å²) in [5.41, 5.74) is 6.15. The number of aliphatic hydroxyl groups excluding tert-OH is 1. The number of halogens is 1. The van der Waals surface area contributed by atoms with E-state index in [0.717, 1.165) is 0 Å². The normalized spacial score (nSPS) is 13.2. The molecule has 108 valence electrons. The van der Waals surface area contributed by atoms with Gasteiger partial charge in [0.05, 0.1) is 24.6 Å². The molecule has 0 heterocycles. The monoisotopic (exact) mass is 270 g/mol. The molecule has 19 heavy (non-hydrogen) atoms. The Balaban J connectivity index is 2.67. The van der Waals surface area contributed by atoms with E-state index in [2.05, 4.69) is 5.32 Å². The van der Waals surface area contributed by atoms with Crippen molar-refractivity contribution >= 4 is 11.4 Å². The predicted molar refractivity (Wildman–Crippen MR) is 75.9 cm³/mol. The lowest BCUT2D eigenvalue weighted by Crippen LogP contribution is -2.25. The van der Waals surface area contributed by atoms with E-state index in [1.54, 1.807) is 0 Å². The van der Waals surface area contributed by atoms with Crippen LogP contribution in [0, 0.1) is 11.2 Å². The summed E-state index contributed by atoms with van der Waals surface area (Å²) in [5, 5.41) is 12.8. The lowest BCUT2D eigenvalue weighted by atomic mass is 9.89. The Morgan fingerprint density at radius 2 is 2.05 bits per heavy atom. The third kappa shape index (κ3) is 4.95. The molecule has 0 aliphatic rings. The van der Waals surface area contributed by atoms with Gasteiger partial charge in [-0.1, -0.05) is 20.8 Å². The summed E-state index contributed by atoms with van der Waals surface area (Å²) in [7, 11) is 1.47. The molecule has 1 atom stereocenters. The molecule has 0 saturated heterocycles. The van der Waals surface area contributed by atoms with Crippen LogP contribution in [0.25, 0.3) is 0 Å². The molecular weight excluding hydrogens is 247 g/mol. The Morgan fingerprint density at radius 1 is 1.42 bits per heavy atom. The number of aliphatic hydroxyl groups is 1. The molecular formula is C14H23FN2O2. The van der Waals surface area contributed by atoms with E-state index in [9.17, 15) is 9.50 Å². The van der Waals surface area contributed by atoms with Gasteiger partial charge in [0.1, 0.15) is 11.6 Å². The van der Waals surface area contributed by atoms with E-state index in [1.165, 1.54) is 19.2 Å². The summed E-state index contributed by atoms with van der Waals surface area (Å²) >= 11 is 0. The first-order chi connectivity index (χ1) is 8.73. The largest absolute Gasteiger partial charge is 0.495 e. The van der Waals surface area contributed by atoms with Crippen LogP contribution in [0.4, 0.5) is 15.8 Å². The molecule has 5 heteroatoms. The fourth-order valence-electron chi connectivity index (χ4n) is 1.89. The molecule has 0 aliphatic carbocycles. The SMILES string of the molecule is COc1cc(NCC(O)CC(C)(C)C)c(F)cc1N. The number of anilines is 2. The zero-order valence-electron chi connectivity index (χ0n) is 12.0. The van der Waals surface area contributed by atoms with Gasteiger partial charge in [-0.05, 0) is 11.8 Å². The Kier molecular flexibility index (Phi) is 5.00. The first-order valence-corrected chi connectivity index (χ1v) is 6.28. The first kappa shape index (κ1) is 15.6. The Labute approximate surface area is 113 Å². The number of nitrogens with two attached hydrogens (primary N) is 1. The summed E-state index contributed by atoms with van der Waals surface area (Å²) in [6.07, 6.45) is 0.0937. The summed E-state index contributed by atoms with van der Waals surface area (Å²) in [6.45, 7) is 6.41. The number of ether oxygens (including phenoxy) is 1. The molecule has 0 aromatic heterocycles. The van der Waals surface area contributed by atoms with Gasteiger partial charge in [-0.2, -0.15) is 0 Å². The van der Waals surface area contributed by atoms with E-state index in [1.807, 2.05) is 20.8 Å². The molecule has 1 aromatic rings. The summed E-state index contributed by atoms with van der Waals surface area (Å²) in [6, 6.07) is 2.70. The lowest BCUT2D eigenvalue weighted by Gasteiger charge is -2.23. The maximum atomic E-state index is 13.7. The third-order valence-corrected chi connectivity index (χ3v) is 2.70. The maximum absolute atomic E-state index is 13.7. The van der Waals surface area contributed by atoms with Crippen molar-refractivity contribution in [1.82, 2.24) is 0 Å². The number of benzene rings is 1. The van der Waals surface area contributed by atoms with Crippen LogP contribution in [-0.2, 0) is 0 Å². The van der Waals surface area contributed by atoms with Crippen molar-refractivity contribution in [3.63, 3.8) is 0 Å². The maximum Gasteiger partial charge on any atom is 0.148 e. The fraction of sp³-hybridized carbons (Fsp3) is 0.571. The standard InChI is InChI=1S/C14H23FN2O2/c1-14(2,3)7-9(18)8-17-12-6-13(19-4)11(16)5-10(12)15/h5-6,9,17-18H,7-8,16H2,1-4H3. The van der Waals surface area contributed by atoms with Crippen LogP contribution in [-0.4, -0.2) is 24.9 Å². The van der Waals surface area contributed by atoms with Crippen LogP contribution in [0.2, 0.25) is 0 Å². The van der Waals surface area contributed by atoms with E-state index in [0.29, 0.717) is 12.2 Å². The highest BCUT2D eigenvalue weighted by molar-refractivity contribution is 5.62. The van der Waals surface area contributed by atoms with Crippen molar-refractivity contribution in [3.05, 3.63) is 17.9 Å². The topological polar surface area (TPSA) is 67.5 Å². The summed E-state index contributed by atoms with van der Waals surface area (Å²) in [5.74, 6) is -0.0459. The second-order valence-corrected chi connectivity index (χ2v) is 5.87. The molecule has 0 amide bonds. The van der Waals surface area contributed by atoms with Gasteiger partial charge >= 0.3 is 0 Å². The van der Waals surface area contributed by atoms with Crippen LogP contribution in [0.3, 0.4) is 0 Å². The van der Waals surface area contributed by atoms with Gasteiger partial charge in [0.2, 0.25) is 0 Å². The summed E-state index contributed by atoms with van der Waals surface area (Å²) in [4.78, 5) is 0. The van der Waals surface area contributed by atoms with E-state index >= 15 is 0 Å².